The third-order valence-electron chi connectivity index (χ3n) is 4.42. The van der Waals surface area contributed by atoms with E-state index >= 15 is 0 Å². The summed E-state index contributed by atoms with van der Waals surface area (Å²) in [6.07, 6.45) is 3.07. The lowest BCUT2D eigenvalue weighted by atomic mass is 9.69. The summed E-state index contributed by atoms with van der Waals surface area (Å²) in [6, 6.07) is 6.53. The maximum atomic E-state index is 12.9. The van der Waals surface area contributed by atoms with E-state index in [0.29, 0.717) is 5.92 Å². The summed E-state index contributed by atoms with van der Waals surface area (Å²) in [5.41, 5.74) is 1.00. The molecule has 1 aromatic rings. The van der Waals surface area contributed by atoms with Gasteiger partial charge in [-0.1, -0.05) is 20.3 Å². The van der Waals surface area contributed by atoms with Crippen molar-refractivity contribution < 1.29 is 9.50 Å². The van der Waals surface area contributed by atoms with E-state index in [9.17, 15) is 9.50 Å². The zero-order chi connectivity index (χ0) is 14.0. The Hall–Kier alpha value is -1.09. The monoisotopic (exact) mass is 265 g/mol. The maximum Gasteiger partial charge on any atom is 0.123 e. The van der Waals surface area contributed by atoms with Crippen molar-refractivity contribution in [2.45, 2.75) is 39.2 Å². The van der Waals surface area contributed by atoms with Crippen molar-refractivity contribution in [1.29, 1.82) is 0 Å². The van der Waals surface area contributed by atoms with Gasteiger partial charge >= 0.3 is 0 Å². The molecule has 2 rings (SSSR count). The van der Waals surface area contributed by atoms with Crippen LogP contribution in [-0.4, -0.2) is 24.8 Å². The summed E-state index contributed by atoms with van der Waals surface area (Å²) < 4.78 is 12.9. The van der Waals surface area contributed by atoms with Crippen molar-refractivity contribution in [3.05, 3.63) is 30.1 Å². The molecule has 0 aliphatic heterocycles. The SMILES string of the molecule is CN(CC1CCCC(C)(C)C1O)c1ccc(F)cc1. The summed E-state index contributed by atoms with van der Waals surface area (Å²) >= 11 is 0. The zero-order valence-electron chi connectivity index (χ0n) is 12.1. The number of benzene rings is 1. The van der Waals surface area contributed by atoms with Crippen molar-refractivity contribution in [2.75, 3.05) is 18.5 Å². The Bertz CT molecular complexity index is 415. The Morgan fingerprint density at radius 1 is 1.32 bits per heavy atom. The van der Waals surface area contributed by atoms with Crippen LogP contribution in [0.3, 0.4) is 0 Å². The average molecular weight is 265 g/mol. The van der Waals surface area contributed by atoms with E-state index in [1.54, 1.807) is 12.1 Å². The van der Waals surface area contributed by atoms with E-state index in [-0.39, 0.29) is 17.3 Å². The van der Waals surface area contributed by atoms with Crippen molar-refractivity contribution >= 4 is 5.69 Å². The molecule has 2 atom stereocenters. The number of halogens is 1. The highest BCUT2D eigenvalue weighted by atomic mass is 19.1. The van der Waals surface area contributed by atoms with Crippen LogP contribution in [0.4, 0.5) is 10.1 Å². The molecular formula is C16H24FNO. The molecule has 2 unspecified atom stereocenters. The minimum atomic E-state index is -0.260. The number of anilines is 1. The Labute approximate surface area is 115 Å². The molecule has 0 aromatic heterocycles. The van der Waals surface area contributed by atoms with Crippen LogP contribution in [0, 0.1) is 17.2 Å². The van der Waals surface area contributed by atoms with Gasteiger partial charge in [0.2, 0.25) is 0 Å². The Balaban J connectivity index is 2.02. The van der Waals surface area contributed by atoms with Gasteiger partial charge in [-0.3, -0.25) is 0 Å². The second kappa shape index (κ2) is 5.49. The van der Waals surface area contributed by atoms with Gasteiger partial charge in [0.1, 0.15) is 5.82 Å². The van der Waals surface area contributed by atoms with Gasteiger partial charge < -0.3 is 10.0 Å². The van der Waals surface area contributed by atoms with Gasteiger partial charge in [0.15, 0.2) is 0 Å². The number of aliphatic hydroxyl groups excluding tert-OH is 1. The largest absolute Gasteiger partial charge is 0.392 e. The predicted octanol–water partition coefficient (Wildman–Crippen LogP) is 3.45. The molecule has 19 heavy (non-hydrogen) atoms. The second-order valence-electron chi connectivity index (χ2n) is 6.44. The lowest BCUT2D eigenvalue weighted by molar-refractivity contribution is -0.0290. The second-order valence-corrected chi connectivity index (χ2v) is 6.44. The number of hydrogen-bond donors (Lipinski definition) is 1. The molecular weight excluding hydrogens is 241 g/mol. The molecule has 3 heteroatoms. The molecule has 1 saturated carbocycles. The van der Waals surface area contributed by atoms with Gasteiger partial charge in [-0.2, -0.15) is 0 Å². The highest BCUT2D eigenvalue weighted by molar-refractivity contribution is 5.45. The summed E-state index contributed by atoms with van der Waals surface area (Å²) in [5.74, 6) is 0.0785. The first-order valence-corrected chi connectivity index (χ1v) is 7.05. The lowest BCUT2D eigenvalue weighted by Gasteiger charge is -2.42. The highest BCUT2D eigenvalue weighted by Crippen LogP contribution is 2.39. The highest BCUT2D eigenvalue weighted by Gasteiger charge is 2.37. The maximum absolute atomic E-state index is 12.9. The van der Waals surface area contributed by atoms with Crippen LogP contribution in [0.15, 0.2) is 24.3 Å². The van der Waals surface area contributed by atoms with E-state index in [2.05, 4.69) is 18.7 Å². The standard InChI is InChI=1S/C16H24FNO/c1-16(2)10-4-5-12(15(16)19)11-18(3)14-8-6-13(17)7-9-14/h6-9,12,15,19H,4-5,10-11H2,1-3H3. The summed E-state index contributed by atoms with van der Waals surface area (Å²) in [6.45, 7) is 5.10. The van der Waals surface area contributed by atoms with Crippen molar-refractivity contribution in [2.24, 2.45) is 11.3 Å². The fourth-order valence-electron chi connectivity index (χ4n) is 3.11. The smallest absolute Gasteiger partial charge is 0.123 e. The first-order valence-electron chi connectivity index (χ1n) is 7.05. The first kappa shape index (κ1) is 14.3. The molecule has 1 aromatic carbocycles. The predicted molar refractivity (Wildman–Crippen MR) is 76.8 cm³/mol. The molecule has 1 aliphatic rings. The average Bonchev–Trinajstić information content (AvgIpc) is 2.35. The topological polar surface area (TPSA) is 23.5 Å². The molecule has 0 saturated heterocycles. The van der Waals surface area contributed by atoms with Gasteiger partial charge in [0, 0.05) is 25.2 Å². The van der Waals surface area contributed by atoms with Crippen LogP contribution >= 0.6 is 0 Å². The van der Waals surface area contributed by atoms with E-state index in [4.69, 9.17) is 0 Å². The molecule has 1 fully saturated rings. The Morgan fingerprint density at radius 2 is 1.95 bits per heavy atom. The van der Waals surface area contributed by atoms with E-state index in [1.807, 2.05) is 7.05 Å². The molecule has 0 radical (unpaired) electrons. The Morgan fingerprint density at radius 3 is 2.58 bits per heavy atom. The molecule has 106 valence electrons. The number of nitrogens with zero attached hydrogens (tertiary/aromatic N) is 1. The minimum Gasteiger partial charge on any atom is -0.392 e. The van der Waals surface area contributed by atoms with Crippen molar-refractivity contribution in [3.63, 3.8) is 0 Å². The minimum absolute atomic E-state index is 0.00650. The lowest BCUT2D eigenvalue weighted by Crippen LogP contribution is -2.44. The van der Waals surface area contributed by atoms with Crippen LogP contribution in [0.1, 0.15) is 33.1 Å². The molecule has 0 bridgehead atoms. The third-order valence-corrected chi connectivity index (χ3v) is 4.42. The fraction of sp³-hybridized carbons (Fsp3) is 0.625. The number of aliphatic hydroxyl groups is 1. The van der Waals surface area contributed by atoms with E-state index in [1.165, 1.54) is 18.6 Å². The number of hydrogen-bond acceptors (Lipinski definition) is 2. The van der Waals surface area contributed by atoms with E-state index in [0.717, 1.165) is 25.1 Å². The zero-order valence-corrected chi connectivity index (χ0v) is 12.1. The third kappa shape index (κ3) is 3.27. The van der Waals surface area contributed by atoms with Crippen LogP contribution in [0.25, 0.3) is 0 Å². The molecule has 0 amide bonds. The van der Waals surface area contributed by atoms with Crippen LogP contribution < -0.4 is 4.90 Å². The molecule has 2 nitrogen and oxygen atoms in total. The van der Waals surface area contributed by atoms with Crippen LogP contribution in [0.5, 0.6) is 0 Å². The summed E-state index contributed by atoms with van der Waals surface area (Å²) in [5, 5.41) is 10.4. The normalized spacial score (nSPS) is 26.2. The fourth-order valence-corrected chi connectivity index (χ4v) is 3.11. The summed E-state index contributed by atoms with van der Waals surface area (Å²) in [4.78, 5) is 2.11. The molecule has 0 spiro atoms. The molecule has 0 heterocycles. The quantitative estimate of drug-likeness (QED) is 0.905. The molecule has 1 N–H and O–H groups in total. The summed E-state index contributed by atoms with van der Waals surface area (Å²) in [7, 11) is 2.00. The Kier molecular flexibility index (Phi) is 4.14. The van der Waals surface area contributed by atoms with Crippen LogP contribution in [0.2, 0.25) is 0 Å². The van der Waals surface area contributed by atoms with Crippen LogP contribution in [-0.2, 0) is 0 Å². The molecule has 1 aliphatic carbocycles. The first-order chi connectivity index (χ1) is 8.90. The van der Waals surface area contributed by atoms with Crippen molar-refractivity contribution in [1.82, 2.24) is 0 Å². The van der Waals surface area contributed by atoms with Gasteiger partial charge in [0.05, 0.1) is 6.10 Å². The van der Waals surface area contributed by atoms with Gasteiger partial charge in [-0.05, 0) is 42.5 Å². The van der Waals surface area contributed by atoms with Gasteiger partial charge in [-0.15, -0.1) is 0 Å². The number of rotatable bonds is 3. The van der Waals surface area contributed by atoms with Crippen molar-refractivity contribution in [3.8, 4) is 0 Å². The van der Waals surface area contributed by atoms with E-state index < -0.39 is 0 Å². The van der Waals surface area contributed by atoms with Gasteiger partial charge in [-0.25, -0.2) is 4.39 Å². The van der Waals surface area contributed by atoms with Gasteiger partial charge in [0.25, 0.3) is 0 Å².